The van der Waals surface area contributed by atoms with E-state index in [1.54, 1.807) is 0 Å². The maximum Gasteiger partial charge on any atom is 0.336 e. The Labute approximate surface area is 90.4 Å². The van der Waals surface area contributed by atoms with E-state index >= 15 is 0 Å². The van der Waals surface area contributed by atoms with Gasteiger partial charge in [0.1, 0.15) is 6.10 Å². The molecule has 86 valence electrons. The first-order valence-corrected chi connectivity index (χ1v) is 4.37. The normalized spacial score (nSPS) is 12.1. The molecule has 0 aliphatic rings. The van der Waals surface area contributed by atoms with Crippen molar-refractivity contribution in [2.75, 3.05) is 6.61 Å². The molecule has 0 aliphatic carbocycles. The lowest BCUT2D eigenvalue weighted by atomic mass is 9.97. The molecule has 1 aromatic carbocycles. The predicted molar refractivity (Wildman–Crippen MR) is 52.4 cm³/mol. The van der Waals surface area contributed by atoms with Crippen LogP contribution in [0.15, 0.2) is 18.2 Å². The highest BCUT2D eigenvalue weighted by Crippen LogP contribution is 2.21. The fourth-order valence-electron chi connectivity index (χ4n) is 1.36. The first kappa shape index (κ1) is 12.2. The van der Waals surface area contributed by atoms with E-state index < -0.39 is 35.8 Å². The SMILES string of the molecule is O=C(O)c1cccc(C(O)CO)c1C(=O)O. The quantitative estimate of drug-likeness (QED) is 0.579. The van der Waals surface area contributed by atoms with Crippen molar-refractivity contribution in [3.05, 3.63) is 34.9 Å². The van der Waals surface area contributed by atoms with E-state index in [1.807, 2.05) is 0 Å². The van der Waals surface area contributed by atoms with E-state index in [9.17, 15) is 14.7 Å². The van der Waals surface area contributed by atoms with E-state index in [0.29, 0.717) is 0 Å². The summed E-state index contributed by atoms with van der Waals surface area (Å²) in [6.07, 6.45) is -1.41. The van der Waals surface area contributed by atoms with Gasteiger partial charge in [0.15, 0.2) is 0 Å². The lowest BCUT2D eigenvalue weighted by molar-refractivity contribution is 0.0634. The smallest absolute Gasteiger partial charge is 0.336 e. The largest absolute Gasteiger partial charge is 0.478 e. The van der Waals surface area contributed by atoms with Gasteiger partial charge in [0.05, 0.1) is 17.7 Å². The van der Waals surface area contributed by atoms with Crippen LogP contribution >= 0.6 is 0 Å². The molecule has 1 atom stereocenters. The Morgan fingerprint density at radius 3 is 2.25 bits per heavy atom. The van der Waals surface area contributed by atoms with Crippen molar-refractivity contribution in [1.29, 1.82) is 0 Å². The molecule has 0 amide bonds. The highest BCUT2D eigenvalue weighted by atomic mass is 16.4. The van der Waals surface area contributed by atoms with Gasteiger partial charge in [-0.05, 0) is 11.6 Å². The van der Waals surface area contributed by atoms with Crippen LogP contribution in [-0.4, -0.2) is 39.0 Å². The second-order valence-electron chi connectivity index (χ2n) is 3.08. The van der Waals surface area contributed by atoms with Crippen molar-refractivity contribution < 1.29 is 30.0 Å². The minimum Gasteiger partial charge on any atom is -0.478 e. The molecule has 0 saturated carbocycles. The topological polar surface area (TPSA) is 115 Å². The summed E-state index contributed by atoms with van der Waals surface area (Å²) >= 11 is 0. The summed E-state index contributed by atoms with van der Waals surface area (Å²) in [5, 5.41) is 35.8. The van der Waals surface area contributed by atoms with Crippen molar-refractivity contribution in [1.82, 2.24) is 0 Å². The summed E-state index contributed by atoms with van der Waals surface area (Å²) in [7, 11) is 0. The number of benzene rings is 1. The van der Waals surface area contributed by atoms with Crippen molar-refractivity contribution in [2.45, 2.75) is 6.10 Å². The van der Waals surface area contributed by atoms with Gasteiger partial charge in [-0.3, -0.25) is 0 Å². The van der Waals surface area contributed by atoms with E-state index in [2.05, 4.69) is 0 Å². The second kappa shape index (κ2) is 4.73. The number of carbonyl (C=O) groups is 2. The second-order valence-corrected chi connectivity index (χ2v) is 3.08. The fourth-order valence-corrected chi connectivity index (χ4v) is 1.36. The Balaban J connectivity index is 3.44. The third-order valence-electron chi connectivity index (χ3n) is 2.07. The summed E-state index contributed by atoms with van der Waals surface area (Å²) < 4.78 is 0. The van der Waals surface area contributed by atoms with Gasteiger partial charge in [-0.1, -0.05) is 12.1 Å². The summed E-state index contributed by atoms with van der Waals surface area (Å²) in [6, 6.07) is 3.69. The van der Waals surface area contributed by atoms with E-state index in [4.69, 9.17) is 15.3 Å². The number of hydrogen-bond donors (Lipinski definition) is 4. The molecule has 0 saturated heterocycles. The van der Waals surface area contributed by atoms with Gasteiger partial charge in [0, 0.05) is 0 Å². The molecule has 0 bridgehead atoms. The van der Waals surface area contributed by atoms with Crippen molar-refractivity contribution >= 4 is 11.9 Å². The zero-order valence-electron chi connectivity index (χ0n) is 8.12. The first-order valence-electron chi connectivity index (χ1n) is 4.37. The maximum atomic E-state index is 10.9. The van der Waals surface area contributed by atoms with Crippen molar-refractivity contribution in [3.8, 4) is 0 Å². The van der Waals surface area contributed by atoms with Crippen LogP contribution in [0.1, 0.15) is 32.4 Å². The van der Waals surface area contributed by atoms with Gasteiger partial charge in [-0.2, -0.15) is 0 Å². The van der Waals surface area contributed by atoms with Gasteiger partial charge in [0.2, 0.25) is 0 Å². The number of rotatable bonds is 4. The molecule has 0 aromatic heterocycles. The zero-order valence-corrected chi connectivity index (χ0v) is 8.12. The molecule has 6 heteroatoms. The molecule has 0 heterocycles. The Kier molecular flexibility index (Phi) is 3.60. The molecule has 0 radical (unpaired) electrons. The first-order chi connectivity index (χ1) is 7.49. The molecular formula is C10H10O6. The molecule has 0 fully saturated rings. The summed E-state index contributed by atoms with van der Waals surface area (Å²) in [5.74, 6) is -2.86. The predicted octanol–water partition coefficient (Wildman–Crippen LogP) is 0.109. The van der Waals surface area contributed by atoms with Gasteiger partial charge in [0.25, 0.3) is 0 Å². The number of aromatic carboxylic acids is 2. The van der Waals surface area contributed by atoms with Crippen LogP contribution in [0.5, 0.6) is 0 Å². The van der Waals surface area contributed by atoms with Gasteiger partial charge in [-0.15, -0.1) is 0 Å². The average molecular weight is 226 g/mol. The molecule has 4 N–H and O–H groups in total. The van der Waals surface area contributed by atoms with Gasteiger partial charge in [-0.25, -0.2) is 9.59 Å². The molecule has 1 unspecified atom stereocenters. The van der Waals surface area contributed by atoms with E-state index in [1.165, 1.54) is 12.1 Å². The summed E-state index contributed by atoms with van der Waals surface area (Å²) in [4.78, 5) is 21.7. The molecule has 0 aliphatic heterocycles. The van der Waals surface area contributed by atoms with Crippen LogP contribution in [0.3, 0.4) is 0 Å². The van der Waals surface area contributed by atoms with Crippen LogP contribution in [0, 0.1) is 0 Å². The third kappa shape index (κ3) is 2.18. The Morgan fingerprint density at radius 2 is 1.81 bits per heavy atom. The van der Waals surface area contributed by atoms with E-state index in [-0.39, 0.29) is 5.56 Å². The third-order valence-corrected chi connectivity index (χ3v) is 2.07. The number of aliphatic hydroxyl groups excluding tert-OH is 2. The number of carboxylic acids is 2. The highest BCUT2D eigenvalue weighted by molar-refractivity contribution is 6.02. The van der Waals surface area contributed by atoms with Gasteiger partial charge >= 0.3 is 11.9 Å². The lowest BCUT2D eigenvalue weighted by Gasteiger charge is -2.12. The van der Waals surface area contributed by atoms with Crippen LogP contribution in [-0.2, 0) is 0 Å². The summed E-state index contributed by atoms with van der Waals surface area (Å²) in [5.41, 5.74) is -1.04. The van der Waals surface area contributed by atoms with Crippen LogP contribution in [0.25, 0.3) is 0 Å². The molecule has 16 heavy (non-hydrogen) atoms. The lowest BCUT2D eigenvalue weighted by Crippen LogP contribution is -2.15. The Morgan fingerprint density at radius 1 is 1.19 bits per heavy atom. The van der Waals surface area contributed by atoms with Gasteiger partial charge < -0.3 is 20.4 Å². The maximum absolute atomic E-state index is 10.9. The highest BCUT2D eigenvalue weighted by Gasteiger charge is 2.23. The van der Waals surface area contributed by atoms with Crippen molar-refractivity contribution in [3.63, 3.8) is 0 Å². The van der Waals surface area contributed by atoms with Crippen LogP contribution in [0.2, 0.25) is 0 Å². The van der Waals surface area contributed by atoms with E-state index in [0.717, 1.165) is 6.07 Å². The number of hydrogen-bond acceptors (Lipinski definition) is 4. The Bertz CT molecular complexity index is 425. The Hall–Kier alpha value is -1.92. The average Bonchev–Trinajstić information content (AvgIpc) is 2.26. The van der Waals surface area contributed by atoms with Crippen molar-refractivity contribution in [2.24, 2.45) is 0 Å². The monoisotopic (exact) mass is 226 g/mol. The molecule has 0 spiro atoms. The van der Waals surface area contributed by atoms with Crippen LogP contribution in [0.4, 0.5) is 0 Å². The fraction of sp³-hybridized carbons (Fsp3) is 0.200. The molecule has 1 aromatic rings. The standard InChI is InChI=1S/C10H10O6/c11-4-7(12)5-2-1-3-6(9(13)14)8(5)10(15)16/h1-3,7,11-12H,4H2,(H,13,14)(H,15,16). The number of aliphatic hydroxyl groups is 2. The summed E-state index contributed by atoms with van der Waals surface area (Å²) in [6.45, 7) is -0.677. The molecule has 1 rings (SSSR count). The molecular weight excluding hydrogens is 216 g/mol. The number of carboxylic acid groups (broad SMARTS) is 2. The molecule has 6 nitrogen and oxygen atoms in total. The minimum atomic E-state index is -1.46. The van der Waals surface area contributed by atoms with Crippen LogP contribution < -0.4 is 0 Å². The minimum absolute atomic E-state index is 0.116. The zero-order chi connectivity index (χ0) is 12.3.